The summed E-state index contributed by atoms with van der Waals surface area (Å²) in [6.07, 6.45) is 0.784. The molecular formula is C46H46Br2F3N5O5. The number of carbonyl (C=O) groups excluding carboxylic acids is 2. The van der Waals surface area contributed by atoms with Gasteiger partial charge >= 0.3 is 6.36 Å². The molecule has 0 spiro atoms. The molecule has 0 aliphatic carbocycles. The monoisotopic (exact) mass is 963 g/mol. The first-order chi connectivity index (χ1) is 28.9. The number of nitrogens with zero attached hydrogens (tertiary/aromatic N) is 5. The second-order valence-corrected chi connectivity index (χ2v) is 15.9. The molecule has 1 fully saturated rings. The van der Waals surface area contributed by atoms with Crippen molar-refractivity contribution < 1.29 is 37.3 Å². The number of ketones is 1. The standard InChI is InChI=1S/C20H16BrF3N2O3.C14H14BrN3.C8H8O.C4H8O/c1-11-10-26(12(2)25-11)17-8-5-14(21)9-16(17)19(28)18(27)13-3-6-15(7-4-13)29-20(22,23)24;1-9(7-16)13-6-12(15)4-5-14(13)18-8-10(2)17-11(18)3;1-7-2-4-8(6-9)5-3-7;1-2-4-5-3-1/h3-10,18,27H,1-2H3;4-6,8-9H,1-3H3;2-6H,1H3;1-4H2. The number of alkyl halides is 3. The highest BCUT2D eigenvalue weighted by Crippen LogP contribution is 2.30. The number of rotatable bonds is 8. The van der Waals surface area contributed by atoms with Gasteiger partial charge in [0.05, 0.1) is 34.7 Å². The van der Waals surface area contributed by atoms with Gasteiger partial charge in [0, 0.05) is 45.7 Å². The van der Waals surface area contributed by atoms with Gasteiger partial charge in [0.15, 0.2) is 5.78 Å². The predicted molar refractivity (Wildman–Crippen MR) is 235 cm³/mol. The van der Waals surface area contributed by atoms with Crippen molar-refractivity contribution in [2.75, 3.05) is 13.2 Å². The highest BCUT2D eigenvalue weighted by Gasteiger charge is 2.31. The third-order valence-corrected chi connectivity index (χ3v) is 10.1. The second-order valence-electron chi connectivity index (χ2n) is 14.0. The van der Waals surface area contributed by atoms with Crippen molar-refractivity contribution in [3.63, 3.8) is 0 Å². The number of nitriles is 1. The number of hydrogen-bond donors (Lipinski definition) is 1. The summed E-state index contributed by atoms with van der Waals surface area (Å²) in [5.74, 6) is 0.410. The number of aliphatic hydroxyl groups is 1. The van der Waals surface area contributed by atoms with E-state index >= 15 is 0 Å². The van der Waals surface area contributed by atoms with E-state index in [-0.39, 0.29) is 17.0 Å². The SMILES string of the molecule is C1CCOC1.Cc1ccc(C=O)cc1.Cc1cn(-c2ccc(Br)cc2C(=O)C(O)c2ccc(OC(F)(F)F)cc2)c(C)n1.Cc1cn(-c2ccc(Br)cc2C(C)C#N)c(C)n1. The Hall–Kier alpha value is -5.40. The van der Waals surface area contributed by atoms with Gasteiger partial charge in [-0.2, -0.15) is 5.26 Å². The lowest BCUT2D eigenvalue weighted by molar-refractivity contribution is -0.274. The van der Waals surface area contributed by atoms with Gasteiger partial charge in [0.25, 0.3) is 0 Å². The molecule has 10 nitrogen and oxygen atoms in total. The van der Waals surface area contributed by atoms with Gasteiger partial charge in [-0.05, 0) is 114 Å². The molecular weight excluding hydrogens is 919 g/mol. The third-order valence-electron chi connectivity index (χ3n) is 9.12. The number of hydrogen-bond acceptors (Lipinski definition) is 8. The Balaban J connectivity index is 0.000000214. The summed E-state index contributed by atoms with van der Waals surface area (Å²) in [6, 6.07) is 25.3. The summed E-state index contributed by atoms with van der Waals surface area (Å²) in [5, 5.41) is 19.7. The van der Waals surface area contributed by atoms with Crippen LogP contribution in [0.5, 0.6) is 5.75 Å². The second kappa shape index (κ2) is 22.4. The first-order valence-electron chi connectivity index (χ1n) is 19.1. The van der Waals surface area contributed by atoms with Crippen LogP contribution in [-0.4, -0.2) is 55.9 Å². The van der Waals surface area contributed by atoms with E-state index in [1.54, 1.807) is 35.9 Å². The molecule has 1 aliphatic heterocycles. The molecule has 0 saturated carbocycles. The van der Waals surface area contributed by atoms with Crippen LogP contribution in [0.4, 0.5) is 13.2 Å². The van der Waals surface area contributed by atoms with Gasteiger partial charge in [-0.1, -0.05) is 73.8 Å². The molecule has 1 saturated heterocycles. The molecule has 2 unspecified atom stereocenters. The van der Waals surface area contributed by atoms with Crippen LogP contribution < -0.4 is 4.74 Å². The van der Waals surface area contributed by atoms with Gasteiger partial charge in [0.1, 0.15) is 29.8 Å². The van der Waals surface area contributed by atoms with E-state index in [0.29, 0.717) is 16.0 Å². The zero-order valence-electron chi connectivity index (χ0n) is 34.5. The lowest BCUT2D eigenvalue weighted by Crippen LogP contribution is -2.17. The molecule has 6 aromatic rings. The van der Waals surface area contributed by atoms with Crippen LogP contribution in [0.1, 0.15) is 92.2 Å². The first kappa shape index (κ1) is 48.3. The van der Waals surface area contributed by atoms with Crippen LogP contribution in [0.3, 0.4) is 0 Å². The third kappa shape index (κ3) is 14.4. The smallest absolute Gasteiger partial charge is 0.406 e. The summed E-state index contributed by atoms with van der Waals surface area (Å²) in [5.41, 5.74) is 6.61. The molecule has 0 bridgehead atoms. The number of imidazole rings is 2. The number of halogens is 5. The van der Waals surface area contributed by atoms with E-state index in [2.05, 4.69) is 52.6 Å². The van der Waals surface area contributed by atoms with E-state index in [9.17, 15) is 27.9 Å². The lowest BCUT2D eigenvalue weighted by Gasteiger charge is -2.16. The number of aryl methyl sites for hydroxylation is 5. The number of aldehydes is 1. The fourth-order valence-electron chi connectivity index (χ4n) is 6.11. The van der Waals surface area contributed by atoms with Crippen LogP contribution in [0, 0.1) is 45.9 Å². The predicted octanol–water partition coefficient (Wildman–Crippen LogP) is 11.5. The number of aliphatic hydroxyl groups excluding tert-OH is 1. The van der Waals surface area contributed by atoms with Gasteiger partial charge in [0.2, 0.25) is 0 Å². The molecule has 1 aliphatic rings. The molecule has 0 amide bonds. The fraction of sp³-hybridized carbons (Fsp3) is 0.283. The van der Waals surface area contributed by atoms with E-state index in [1.807, 2.05) is 87.8 Å². The lowest BCUT2D eigenvalue weighted by atomic mass is 9.98. The van der Waals surface area contributed by atoms with Crippen molar-refractivity contribution in [2.24, 2.45) is 0 Å². The maximum Gasteiger partial charge on any atom is 0.573 e. The summed E-state index contributed by atoms with van der Waals surface area (Å²) in [7, 11) is 0. The Morgan fingerprint density at radius 2 is 1.36 bits per heavy atom. The van der Waals surface area contributed by atoms with Crippen molar-refractivity contribution in [3.05, 3.63) is 157 Å². The van der Waals surface area contributed by atoms with Crippen LogP contribution >= 0.6 is 31.9 Å². The minimum atomic E-state index is -4.82. The Morgan fingerprint density at radius 1 is 0.836 bits per heavy atom. The molecule has 2 atom stereocenters. The van der Waals surface area contributed by atoms with Crippen molar-refractivity contribution in [3.8, 4) is 23.2 Å². The van der Waals surface area contributed by atoms with E-state index in [4.69, 9.17) is 10.00 Å². The zero-order valence-corrected chi connectivity index (χ0v) is 37.7. The number of benzene rings is 4. The van der Waals surface area contributed by atoms with Crippen LogP contribution in [0.15, 0.2) is 106 Å². The molecule has 2 aromatic heterocycles. The minimum absolute atomic E-state index is 0.147. The average Bonchev–Trinajstić information content (AvgIpc) is 4.00. The molecule has 0 radical (unpaired) electrons. The van der Waals surface area contributed by atoms with E-state index < -0.39 is 24.0 Å². The fourth-order valence-corrected chi connectivity index (χ4v) is 6.85. The Morgan fingerprint density at radius 3 is 1.82 bits per heavy atom. The molecule has 61 heavy (non-hydrogen) atoms. The first-order valence-corrected chi connectivity index (χ1v) is 20.7. The van der Waals surface area contributed by atoms with E-state index in [1.165, 1.54) is 30.5 Å². The van der Waals surface area contributed by atoms with Crippen molar-refractivity contribution in [1.29, 1.82) is 5.26 Å². The van der Waals surface area contributed by atoms with Crippen LogP contribution in [0.2, 0.25) is 0 Å². The number of carbonyl (C=O) groups is 2. The van der Waals surface area contributed by atoms with Crippen molar-refractivity contribution >= 4 is 43.9 Å². The van der Waals surface area contributed by atoms with Crippen LogP contribution in [0.25, 0.3) is 11.4 Å². The van der Waals surface area contributed by atoms with E-state index in [0.717, 1.165) is 70.1 Å². The zero-order chi connectivity index (χ0) is 44.9. The average molecular weight is 966 g/mol. The molecule has 15 heteroatoms. The van der Waals surface area contributed by atoms with Crippen molar-refractivity contribution in [2.45, 2.75) is 72.8 Å². The molecule has 1 N–H and O–H groups in total. The minimum Gasteiger partial charge on any atom is -0.406 e. The summed E-state index contributed by atoms with van der Waals surface area (Å²) in [4.78, 5) is 31.9. The highest BCUT2D eigenvalue weighted by atomic mass is 79.9. The normalized spacial score (nSPS) is 12.9. The largest absolute Gasteiger partial charge is 0.573 e. The molecule has 4 aromatic carbocycles. The molecule has 320 valence electrons. The highest BCUT2D eigenvalue weighted by molar-refractivity contribution is 9.10. The van der Waals surface area contributed by atoms with Crippen LogP contribution in [-0.2, 0) is 4.74 Å². The Labute approximate surface area is 370 Å². The Kier molecular flexibility index (Phi) is 17.8. The topological polar surface area (TPSA) is 132 Å². The number of Topliss-reactive ketones (excluding diaryl/α,β-unsaturated/α-hetero) is 1. The summed E-state index contributed by atoms with van der Waals surface area (Å²) >= 11 is 6.78. The molecule has 7 rings (SSSR count). The molecule has 3 heterocycles. The summed E-state index contributed by atoms with van der Waals surface area (Å²) in [6.45, 7) is 13.5. The van der Waals surface area contributed by atoms with Gasteiger partial charge in [-0.15, -0.1) is 13.2 Å². The van der Waals surface area contributed by atoms with Gasteiger partial charge in [-0.25, -0.2) is 9.97 Å². The number of ether oxygens (including phenoxy) is 2. The van der Waals surface area contributed by atoms with Gasteiger partial charge in [-0.3, -0.25) is 9.59 Å². The number of aromatic nitrogens is 4. The Bertz CT molecular complexity index is 2430. The van der Waals surface area contributed by atoms with Crippen molar-refractivity contribution in [1.82, 2.24) is 19.1 Å². The summed E-state index contributed by atoms with van der Waals surface area (Å²) < 4.78 is 51.0. The van der Waals surface area contributed by atoms with Gasteiger partial charge < -0.3 is 23.7 Å². The maximum absolute atomic E-state index is 13.0. The quantitative estimate of drug-likeness (QED) is 0.118. The maximum atomic E-state index is 13.0.